The molecular formula is C35H44N4O4S. The van der Waals surface area contributed by atoms with E-state index >= 15 is 0 Å². The summed E-state index contributed by atoms with van der Waals surface area (Å²) in [5, 5.41) is 3.07. The van der Waals surface area contributed by atoms with Crippen molar-refractivity contribution in [3.05, 3.63) is 101 Å². The first-order chi connectivity index (χ1) is 21.6. The summed E-state index contributed by atoms with van der Waals surface area (Å²) in [6, 6.07) is 25.3. The molecular weight excluding hydrogens is 572 g/mol. The number of thiazole rings is 1. The van der Waals surface area contributed by atoms with Crippen molar-refractivity contribution in [3.63, 3.8) is 0 Å². The Balaban J connectivity index is 1.14. The van der Waals surface area contributed by atoms with Gasteiger partial charge in [-0.2, -0.15) is 0 Å². The van der Waals surface area contributed by atoms with Crippen molar-refractivity contribution in [1.82, 2.24) is 9.88 Å². The lowest BCUT2D eigenvalue weighted by atomic mass is 10.1. The Morgan fingerprint density at radius 2 is 1.41 bits per heavy atom. The summed E-state index contributed by atoms with van der Waals surface area (Å²) in [5.74, 6) is 1.73. The SMILES string of the molecule is COc1cccc(CCOCCOCc2csc(N(Cc3ccc(N4CCN(C)CC4)cc3)Cc3cccc(OC)c3)n2)c1. The summed E-state index contributed by atoms with van der Waals surface area (Å²) in [5.41, 5.74) is 5.86. The molecule has 44 heavy (non-hydrogen) atoms. The molecule has 0 saturated carbocycles. The minimum absolute atomic E-state index is 0.461. The van der Waals surface area contributed by atoms with Gasteiger partial charge in [-0.05, 0) is 66.6 Å². The van der Waals surface area contributed by atoms with Gasteiger partial charge in [0.05, 0.1) is 46.3 Å². The quantitative estimate of drug-likeness (QED) is 0.144. The second kappa shape index (κ2) is 16.4. The number of likely N-dealkylation sites (N-methyl/N-ethyl adjacent to an activating group) is 1. The van der Waals surface area contributed by atoms with Crippen molar-refractivity contribution in [2.75, 3.05) is 77.1 Å². The van der Waals surface area contributed by atoms with Crippen LogP contribution in [0.15, 0.2) is 78.2 Å². The van der Waals surface area contributed by atoms with Crippen LogP contribution in [0, 0.1) is 0 Å². The number of aromatic nitrogens is 1. The predicted molar refractivity (Wildman–Crippen MR) is 178 cm³/mol. The van der Waals surface area contributed by atoms with Crippen molar-refractivity contribution in [2.24, 2.45) is 0 Å². The Morgan fingerprint density at radius 3 is 2.14 bits per heavy atom. The molecule has 0 radical (unpaired) electrons. The summed E-state index contributed by atoms with van der Waals surface area (Å²) in [6.45, 7) is 8.00. The minimum Gasteiger partial charge on any atom is -0.497 e. The number of benzene rings is 3. The second-order valence-electron chi connectivity index (χ2n) is 11.1. The maximum atomic E-state index is 5.90. The molecule has 1 fully saturated rings. The van der Waals surface area contributed by atoms with E-state index in [2.05, 4.69) is 69.6 Å². The molecule has 0 bridgehead atoms. The molecule has 3 aromatic carbocycles. The number of nitrogens with zero attached hydrogens (tertiary/aromatic N) is 4. The molecule has 0 N–H and O–H groups in total. The third kappa shape index (κ3) is 9.43. The molecule has 0 aliphatic carbocycles. The lowest BCUT2D eigenvalue weighted by Gasteiger charge is -2.34. The minimum atomic E-state index is 0.461. The van der Waals surface area contributed by atoms with E-state index < -0.39 is 0 Å². The zero-order valence-electron chi connectivity index (χ0n) is 26.1. The molecule has 1 saturated heterocycles. The largest absolute Gasteiger partial charge is 0.497 e. The van der Waals surface area contributed by atoms with Gasteiger partial charge in [0.15, 0.2) is 5.13 Å². The molecule has 4 aromatic rings. The fraction of sp³-hybridized carbons (Fsp3) is 0.400. The smallest absolute Gasteiger partial charge is 0.186 e. The van der Waals surface area contributed by atoms with Crippen LogP contribution in [-0.4, -0.2) is 77.2 Å². The van der Waals surface area contributed by atoms with E-state index in [-0.39, 0.29) is 0 Å². The van der Waals surface area contributed by atoms with Gasteiger partial charge in [-0.3, -0.25) is 0 Å². The van der Waals surface area contributed by atoms with E-state index in [9.17, 15) is 0 Å². The van der Waals surface area contributed by atoms with E-state index in [1.165, 1.54) is 22.4 Å². The maximum Gasteiger partial charge on any atom is 0.186 e. The van der Waals surface area contributed by atoms with Crippen molar-refractivity contribution < 1.29 is 18.9 Å². The van der Waals surface area contributed by atoms with Gasteiger partial charge in [0.1, 0.15) is 11.5 Å². The maximum absolute atomic E-state index is 5.90. The van der Waals surface area contributed by atoms with Crippen LogP contribution in [0.5, 0.6) is 11.5 Å². The van der Waals surface area contributed by atoms with Crippen LogP contribution in [0.3, 0.4) is 0 Å². The molecule has 234 valence electrons. The van der Waals surface area contributed by atoms with E-state index in [1.54, 1.807) is 25.6 Å². The molecule has 2 heterocycles. The topological polar surface area (TPSA) is 59.5 Å². The Morgan fingerprint density at radius 1 is 0.750 bits per heavy atom. The molecule has 0 unspecified atom stereocenters. The van der Waals surface area contributed by atoms with Gasteiger partial charge < -0.3 is 33.6 Å². The highest BCUT2D eigenvalue weighted by Gasteiger charge is 2.16. The van der Waals surface area contributed by atoms with Crippen molar-refractivity contribution >= 4 is 22.2 Å². The average Bonchev–Trinajstić information content (AvgIpc) is 3.54. The van der Waals surface area contributed by atoms with Crippen molar-refractivity contribution in [3.8, 4) is 11.5 Å². The van der Waals surface area contributed by atoms with Crippen LogP contribution in [0.25, 0.3) is 0 Å². The molecule has 1 aromatic heterocycles. The van der Waals surface area contributed by atoms with Gasteiger partial charge in [0.25, 0.3) is 0 Å². The summed E-state index contributed by atoms with van der Waals surface area (Å²) >= 11 is 1.65. The molecule has 0 atom stereocenters. The monoisotopic (exact) mass is 616 g/mol. The molecule has 5 rings (SSSR count). The normalized spacial score (nSPS) is 13.7. The number of ether oxygens (including phenoxy) is 4. The van der Waals surface area contributed by atoms with Gasteiger partial charge in [0, 0.05) is 50.3 Å². The van der Waals surface area contributed by atoms with Gasteiger partial charge >= 0.3 is 0 Å². The Labute approximate surface area is 265 Å². The first-order valence-corrected chi connectivity index (χ1v) is 16.1. The fourth-order valence-electron chi connectivity index (χ4n) is 5.20. The molecule has 8 nitrogen and oxygen atoms in total. The third-order valence-electron chi connectivity index (χ3n) is 7.79. The van der Waals surface area contributed by atoms with Gasteiger partial charge in [-0.1, -0.05) is 36.4 Å². The highest BCUT2D eigenvalue weighted by atomic mass is 32.1. The fourth-order valence-corrected chi connectivity index (χ4v) is 6.01. The Hall–Kier alpha value is -3.63. The van der Waals surface area contributed by atoms with Crippen LogP contribution >= 0.6 is 11.3 Å². The summed E-state index contributed by atoms with van der Waals surface area (Å²) in [7, 11) is 5.58. The molecule has 1 aliphatic rings. The number of hydrogen-bond donors (Lipinski definition) is 0. The summed E-state index contributed by atoms with van der Waals surface area (Å²) in [4.78, 5) is 12.1. The van der Waals surface area contributed by atoms with E-state index in [0.717, 1.165) is 68.0 Å². The van der Waals surface area contributed by atoms with E-state index in [1.807, 2.05) is 30.3 Å². The number of methoxy groups -OCH3 is 2. The number of piperazine rings is 1. The van der Waals surface area contributed by atoms with Gasteiger partial charge in [-0.25, -0.2) is 4.98 Å². The van der Waals surface area contributed by atoms with Crippen molar-refractivity contribution in [2.45, 2.75) is 26.1 Å². The lowest BCUT2D eigenvalue weighted by Crippen LogP contribution is -2.44. The van der Waals surface area contributed by atoms with Gasteiger partial charge in [0.2, 0.25) is 0 Å². The summed E-state index contributed by atoms with van der Waals surface area (Å²) < 4.78 is 22.5. The van der Waals surface area contributed by atoms with Crippen molar-refractivity contribution in [1.29, 1.82) is 0 Å². The van der Waals surface area contributed by atoms with Gasteiger partial charge in [-0.15, -0.1) is 11.3 Å². The lowest BCUT2D eigenvalue weighted by molar-refractivity contribution is 0.0407. The zero-order chi connectivity index (χ0) is 30.6. The molecule has 1 aliphatic heterocycles. The Bertz CT molecular complexity index is 1420. The number of rotatable bonds is 16. The summed E-state index contributed by atoms with van der Waals surface area (Å²) in [6.07, 6.45) is 0.842. The first-order valence-electron chi connectivity index (χ1n) is 15.2. The molecule has 0 amide bonds. The zero-order valence-corrected chi connectivity index (χ0v) is 26.9. The standard InChI is InChI=1S/C35H44N4O4S/c1-37-15-17-38(18-16-37)32-12-10-29(11-13-32)24-39(25-30-7-5-9-34(23-30)41-3)35-36-31(27-44-35)26-43-21-20-42-19-14-28-6-4-8-33(22-28)40-2/h4-13,22-23,27H,14-21,24-26H2,1-3H3. The highest BCUT2D eigenvalue weighted by Crippen LogP contribution is 2.27. The first kappa shape index (κ1) is 31.8. The van der Waals surface area contributed by atoms with Crippen LogP contribution in [0.2, 0.25) is 0 Å². The van der Waals surface area contributed by atoms with Crippen LogP contribution in [-0.2, 0) is 35.6 Å². The number of anilines is 2. The Kier molecular flexibility index (Phi) is 11.9. The van der Waals surface area contributed by atoms with Crippen LogP contribution in [0.4, 0.5) is 10.8 Å². The second-order valence-corrected chi connectivity index (χ2v) is 11.9. The molecule has 9 heteroatoms. The van der Waals surface area contributed by atoms with Crippen LogP contribution < -0.4 is 19.3 Å². The average molecular weight is 617 g/mol. The van der Waals surface area contributed by atoms with Crippen LogP contribution in [0.1, 0.15) is 22.4 Å². The third-order valence-corrected chi connectivity index (χ3v) is 8.74. The predicted octanol–water partition coefficient (Wildman–Crippen LogP) is 5.89. The molecule has 0 spiro atoms. The van der Waals surface area contributed by atoms with E-state index in [0.29, 0.717) is 26.4 Å². The number of hydrogen-bond acceptors (Lipinski definition) is 9. The highest BCUT2D eigenvalue weighted by molar-refractivity contribution is 7.13. The van der Waals surface area contributed by atoms with E-state index in [4.69, 9.17) is 23.9 Å².